The average molecular weight is 333 g/mol. The van der Waals surface area contributed by atoms with E-state index >= 15 is 0 Å². The van der Waals surface area contributed by atoms with E-state index in [2.05, 4.69) is 5.32 Å². The van der Waals surface area contributed by atoms with Crippen molar-refractivity contribution >= 4 is 30.1 Å². The van der Waals surface area contributed by atoms with Gasteiger partial charge in [0.2, 0.25) is 5.91 Å². The number of nitrogens with two attached hydrogens (primary N) is 1. The maximum absolute atomic E-state index is 11.5. The van der Waals surface area contributed by atoms with Gasteiger partial charge in [-0.1, -0.05) is 0 Å². The fraction of sp³-hybridized carbons (Fsp3) is 0.500. The molecule has 0 bridgehead atoms. The summed E-state index contributed by atoms with van der Waals surface area (Å²) < 4.78 is 11.0. The van der Waals surface area contributed by atoms with Gasteiger partial charge >= 0.3 is 0 Å². The van der Waals surface area contributed by atoms with Crippen LogP contribution in [0.25, 0.3) is 0 Å². The van der Waals surface area contributed by atoms with Crippen LogP contribution in [0.3, 0.4) is 0 Å². The third-order valence-corrected chi connectivity index (χ3v) is 3.81. The van der Waals surface area contributed by atoms with Crippen LogP contribution in [0.5, 0.6) is 11.5 Å². The molecule has 1 amide bonds. The van der Waals surface area contributed by atoms with E-state index in [1.807, 2.05) is 18.2 Å². The topological polar surface area (TPSA) is 73.6 Å². The van der Waals surface area contributed by atoms with E-state index < -0.39 is 0 Å². The molecular formula is C14H21ClN2O3S. The SMILES string of the molecule is Cl.NCCCNC(=O)CCSc1ccc2c(c1)OCCO2. The molecule has 5 nitrogen and oxygen atoms in total. The van der Waals surface area contributed by atoms with Crippen LogP contribution in [-0.4, -0.2) is 38.0 Å². The Morgan fingerprint density at radius 1 is 1.29 bits per heavy atom. The highest BCUT2D eigenvalue weighted by atomic mass is 35.5. The Labute approximate surface area is 135 Å². The molecule has 0 saturated carbocycles. The molecule has 3 N–H and O–H groups in total. The van der Waals surface area contributed by atoms with E-state index in [0.717, 1.165) is 28.6 Å². The minimum atomic E-state index is 0. The molecule has 0 fully saturated rings. The molecule has 0 unspecified atom stereocenters. The van der Waals surface area contributed by atoms with Crippen LogP contribution in [0.4, 0.5) is 0 Å². The molecule has 0 saturated heterocycles. The number of thioether (sulfide) groups is 1. The number of hydrogen-bond donors (Lipinski definition) is 2. The molecule has 2 rings (SSSR count). The first-order chi connectivity index (χ1) is 9.79. The normalized spacial score (nSPS) is 12.4. The van der Waals surface area contributed by atoms with E-state index in [-0.39, 0.29) is 18.3 Å². The van der Waals surface area contributed by atoms with Gasteiger partial charge in [-0.3, -0.25) is 4.79 Å². The van der Waals surface area contributed by atoms with Gasteiger partial charge in [0, 0.05) is 23.6 Å². The van der Waals surface area contributed by atoms with Crippen LogP contribution in [-0.2, 0) is 4.79 Å². The Kier molecular flexibility index (Phi) is 8.34. The van der Waals surface area contributed by atoms with Crippen LogP contribution >= 0.6 is 24.2 Å². The fourth-order valence-corrected chi connectivity index (χ4v) is 2.67. The number of rotatable bonds is 7. The van der Waals surface area contributed by atoms with E-state index in [0.29, 0.717) is 32.7 Å². The molecule has 1 aliphatic heterocycles. The van der Waals surface area contributed by atoms with Crippen molar-refractivity contribution < 1.29 is 14.3 Å². The summed E-state index contributed by atoms with van der Waals surface area (Å²) >= 11 is 1.64. The minimum absolute atomic E-state index is 0. The standard InChI is InChI=1S/C14H20N2O3S.ClH/c15-5-1-6-16-14(17)4-9-20-11-2-3-12-13(10-11)19-8-7-18-12;/h2-3,10H,1,4-9,15H2,(H,16,17);1H. The van der Waals surface area contributed by atoms with Crippen molar-refractivity contribution in [3.63, 3.8) is 0 Å². The van der Waals surface area contributed by atoms with Crippen LogP contribution in [0.1, 0.15) is 12.8 Å². The van der Waals surface area contributed by atoms with Gasteiger partial charge in [0.25, 0.3) is 0 Å². The molecule has 21 heavy (non-hydrogen) atoms. The van der Waals surface area contributed by atoms with Gasteiger partial charge < -0.3 is 20.5 Å². The zero-order valence-corrected chi connectivity index (χ0v) is 13.4. The molecule has 0 spiro atoms. The second-order valence-corrected chi connectivity index (χ2v) is 5.56. The van der Waals surface area contributed by atoms with Crippen molar-refractivity contribution in [3.05, 3.63) is 18.2 Å². The van der Waals surface area contributed by atoms with Crippen molar-refractivity contribution in [3.8, 4) is 11.5 Å². The highest BCUT2D eigenvalue weighted by Gasteiger charge is 2.12. The third kappa shape index (κ3) is 6.03. The number of carbonyl (C=O) groups is 1. The molecule has 7 heteroatoms. The largest absolute Gasteiger partial charge is 0.486 e. The second kappa shape index (κ2) is 9.76. The summed E-state index contributed by atoms with van der Waals surface area (Å²) in [6.45, 7) is 2.45. The lowest BCUT2D eigenvalue weighted by atomic mass is 10.3. The summed E-state index contributed by atoms with van der Waals surface area (Å²) in [7, 11) is 0. The van der Waals surface area contributed by atoms with E-state index in [1.165, 1.54) is 0 Å². The lowest BCUT2D eigenvalue weighted by Gasteiger charge is -2.18. The van der Waals surface area contributed by atoms with Gasteiger partial charge in [0.05, 0.1) is 0 Å². The lowest BCUT2D eigenvalue weighted by molar-refractivity contribution is -0.120. The van der Waals surface area contributed by atoms with Crippen molar-refractivity contribution in [2.45, 2.75) is 17.7 Å². The maximum atomic E-state index is 11.5. The Bertz CT molecular complexity index is 460. The molecule has 0 aromatic heterocycles. The zero-order chi connectivity index (χ0) is 14.2. The minimum Gasteiger partial charge on any atom is -0.486 e. The number of nitrogens with one attached hydrogen (secondary N) is 1. The van der Waals surface area contributed by atoms with Gasteiger partial charge in [0.15, 0.2) is 11.5 Å². The van der Waals surface area contributed by atoms with Crippen molar-refractivity contribution in [2.75, 3.05) is 32.1 Å². The summed E-state index contributed by atoms with van der Waals surface area (Å²) in [5, 5.41) is 2.84. The smallest absolute Gasteiger partial charge is 0.220 e. The summed E-state index contributed by atoms with van der Waals surface area (Å²) in [6.07, 6.45) is 1.32. The Morgan fingerprint density at radius 3 is 2.81 bits per heavy atom. The predicted molar refractivity (Wildman–Crippen MR) is 86.7 cm³/mol. The molecule has 1 aromatic carbocycles. The Balaban J connectivity index is 0.00000220. The molecule has 0 radical (unpaired) electrons. The molecule has 0 aliphatic carbocycles. The molecule has 1 aromatic rings. The van der Waals surface area contributed by atoms with Crippen LogP contribution in [0.15, 0.2) is 23.1 Å². The number of fused-ring (bicyclic) bond motifs is 1. The van der Waals surface area contributed by atoms with Crippen LogP contribution in [0, 0.1) is 0 Å². The van der Waals surface area contributed by atoms with E-state index in [4.69, 9.17) is 15.2 Å². The molecular weight excluding hydrogens is 312 g/mol. The van der Waals surface area contributed by atoms with Gasteiger partial charge in [-0.15, -0.1) is 24.2 Å². The number of ether oxygens (including phenoxy) is 2. The molecule has 1 aliphatic rings. The quantitative estimate of drug-likeness (QED) is 0.588. The third-order valence-electron chi connectivity index (χ3n) is 2.81. The van der Waals surface area contributed by atoms with Gasteiger partial charge in [-0.25, -0.2) is 0 Å². The first-order valence-corrected chi connectivity index (χ1v) is 7.77. The molecule has 1 heterocycles. The highest BCUT2D eigenvalue weighted by molar-refractivity contribution is 7.99. The number of halogens is 1. The summed E-state index contributed by atoms with van der Waals surface area (Å²) in [5.41, 5.74) is 5.37. The first-order valence-electron chi connectivity index (χ1n) is 6.79. The Morgan fingerprint density at radius 2 is 2.05 bits per heavy atom. The van der Waals surface area contributed by atoms with Crippen molar-refractivity contribution in [2.24, 2.45) is 5.73 Å². The zero-order valence-electron chi connectivity index (χ0n) is 11.8. The van der Waals surface area contributed by atoms with E-state index in [1.54, 1.807) is 11.8 Å². The number of hydrogen-bond acceptors (Lipinski definition) is 5. The monoisotopic (exact) mass is 332 g/mol. The van der Waals surface area contributed by atoms with Gasteiger partial charge in [-0.05, 0) is 31.2 Å². The molecule has 118 valence electrons. The highest BCUT2D eigenvalue weighted by Crippen LogP contribution is 2.34. The second-order valence-electron chi connectivity index (χ2n) is 4.40. The van der Waals surface area contributed by atoms with Gasteiger partial charge in [-0.2, -0.15) is 0 Å². The number of carbonyl (C=O) groups excluding carboxylic acids is 1. The Hall–Kier alpha value is -1.11. The lowest BCUT2D eigenvalue weighted by Crippen LogP contribution is -2.26. The predicted octanol–water partition coefficient (Wildman–Crippen LogP) is 1.83. The summed E-state index contributed by atoms with van der Waals surface area (Å²) in [4.78, 5) is 12.6. The summed E-state index contributed by atoms with van der Waals surface area (Å²) in [6, 6.07) is 5.87. The van der Waals surface area contributed by atoms with Crippen LogP contribution < -0.4 is 20.5 Å². The summed E-state index contributed by atoms with van der Waals surface area (Å²) in [5.74, 6) is 2.39. The van der Waals surface area contributed by atoms with E-state index in [9.17, 15) is 4.79 Å². The van der Waals surface area contributed by atoms with Gasteiger partial charge in [0.1, 0.15) is 13.2 Å². The van der Waals surface area contributed by atoms with Crippen molar-refractivity contribution in [1.29, 1.82) is 0 Å². The van der Waals surface area contributed by atoms with Crippen LogP contribution in [0.2, 0.25) is 0 Å². The fourth-order valence-electron chi connectivity index (χ4n) is 1.79. The van der Waals surface area contributed by atoms with Crippen molar-refractivity contribution in [1.82, 2.24) is 5.32 Å². The number of benzene rings is 1. The average Bonchev–Trinajstić information content (AvgIpc) is 2.47. The first kappa shape index (κ1) is 17.9. The maximum Gasteiger partial charge on any atom is 0.220 e. The molecule has 0 atom stereocenters. The number of amides is 1.